The van der Waals surface area contributed by atoms with Crippen LogP contribution in [0.25, 0.3) is 0 Å². The second-order valence-electron chi connectivity index (χ2n) is 11.1. The summed E-state index contributed by atoms with van der Waals surface area (Å²) >= 11 is 0. The SMILES string of the molecule is CCOC(=O)CN(C)C(=O)/C(C)=C/[C@H](C(C)C)N(C)C(=O)[C@@H](NC(=O)[C@H]1CCCCN1C(C)C)C(C)C. The van der Waals surface area contributed by atoms with Gasteiger partial charge in [0.25, 0.3) is 0 Å². The number of carbonyl (C=O) groups is 4. The number of rotatable bonds is 12. The molecule has 1 aliphatic heterocycles. The second-order valence-corrected chi connectivity index (χ2v) is 11.1. The van der Waals surface area contributed by atoms with Crippen molar-refractivity contribution in [1.82, 2.24) is 20.0 Å². The van der Waals surface area contributed by atoms with E-state index in [0.29, 0.717) is 5.57 Å². The Labute approximate surface area is 223 Å². The summed E-state index contributed by atoms with van der Waals surface area (Å²) in [6, 6.07) is -1.02. The molecule has 3 amide bonds. The number of hydrogen-bond acceptors (Lipinski definition) is 6. The Balaban J connectivity index is 3.06. The summed E-state index contributed by atoms with van der Waals surface area (Å²) in [5, 5.41) is 3.05. The molecule has 0 radical (unpaired) electrons. The number of nitrogens with zero attached hydrogens (tertiary/aromatic N) is 3. The van der Waals surface area contributed by atoms with E-state index in [-0.39, 0.29) is 60.8 Å². The van der Waals surface area contributed by atoms with Gasteiger partial charge in [-0.1, -0.05) is 40.2 Å². The van der Waals surface area contributed by atoms with Gasteiger partial charge in [-0.2, -0.15) is 0 Å². The third-order valence-electron chi connectivity index (χ3n) is 6.99. The van der Waals surface area contributed by atoms with Crippen LogP contribution in [0.15, 0.2) is 11.6 Å². The number of nitrogens with one attached hydrogen (secondary N) is 1. The number of hydrogen-bond donors (Lipinski definition) is 1. The smallest absolute Gasteiger partial charge is 0.325 e. The van der Waals surface area contributed by atoms with Crippen molar-refractivity contribution in [2.45, 2.75) is 98.8 Å². The van der Waals surface area contributed by atoms with Crippen molar-refractivity contribution < 1.29 is 23.9 Å². The van der Waals surface area contributed by atoms with Gasteiger partial charge in [-0.15, -0.1) is 0 Å². The largest absolute Gasteiger partial charge is 0.465 e. The van der Waals surface area contributed by atoms with Crippen LogP contribution in [0.2, 0.25) is 0 Å². The summed E-state index contributed by atoms with van der Waals surface area (Å²) in [5.74, 6) is -1.15. The molecule has 0 unspecified atom stereocenters. The predicted octanol–water partition coefficient (Wildman–Crippen LogP) is 2.84. The first-order chi connectivity index (χ1) is 17.2. The first-order valence-electron chi connectivity index (χ1n) is 13.6. The number of carbonyl (C=O) groups excluding carboxylic acids is 4. The van der Waals surface area contributed by atoms with Crippen LogP contribution in [-0.2, 0) is 23.9 Å². The number of ether oxygens (including phenoxy) is 1. The van der Waals surface area contributed by atoms with Crippen molar-refractivity contribution in [3.05, 3.63) is 11.6 Å². The van der Waals surface area contributed by atoms with Gasteiger partial charge < -0.3 is 19.9 Å². The Morgan fingerprint density at radius 2 is 1.65 bits per heavy atom. The molecule has 37 heavy (non-hydrogen) atoms. The number of amides is 3. The van der Waals surface area contributed by atoms with Crippen molar-refractivity contribution in [3.8, 4) is 0 Å². The van der Waals surface area contributed by atoms with Crippen LogP contribution < -0.4 is 5.32 Å². The first kappa shape index (κ1) is 32.6. The van der Waals surface area contributed by atoms with Crippen LogP contribution in [0.1, 0.15) is 74.7 Å². The molecule has 0 aromatic heterocycles. The normalized spacial score (nSPS) is 18.5. The monoisotopic (exact) mass is 522 g/mol. The van der Waals surface area contributed by atoms with Gasteiger partial charge >= 0.3 is 5.97 Å². The zero-order valence-corrected chi connectivity index (χ0v) is 24.7. The minimum absolute atomic E-state index is 0.0188. The quantitative estimate of drug-likeness (QED) is 0.313. The summed E-state index contributed by atoms with van der Waals surface area (Å²) in [5.41, 5.74) is 0.435. The van der Waals surface area contributed by atoms with Crippen molar-refractivity contribution in [2.24, 2.45) is 11.8 Å². The Morgan fingerprint density at radius 3 is 2.16 bits per heavy atom. The van der Waals surface area contributed by atoms with E-state index in [1.165, 1.54) is 4.90 Å². The van der Waals surface area contributed by atoms with Crippen LogP contribution in [0, 0.1) is 11.8 Å². The third kappa shape index (κ3) is 9.43. The molecule has 1 rings (SSSR count). The van der Waals surface area contributed by atoms with E-state index in [9.17, 15) is 19.2 Å². The molecule has 1 saturated heterocycles. The molecule has 3 atom stereocenters. The summed E-state index contributed by atoms with van der Waals surface area (Å²) in [6.45, 7) is 16.4. The van der Waals surface area contributed by atoms with Gasteiger partial charge in [-0.3, -0.25) is 24.1 Å². The molecule has 9 heteroatoms. The molecule has 0 spiro atoms. The predicted molar refractivity (Wildman–Crippen MR) is 146 cm³/mol. The van der Waals surface area contributed by atoms with E-state index in [1.54, 1.807) is 38.9 Å². The lowest BCUT2D eigenvalue weighted by Crippen LogP contribution is -2.58. The van der Waals surface area contributed by atoms with E-state index in [1.807, 2.05) is 27.7 Å². The molecule has 9 nitrogen and oxygen atoms in total. The van der Waals surface area contributed by atoms with E-state index in [2.05, 4.69) is 24.1 Å². The Kier molecular flexibility index (Phi) is 13.3. The minimum atomic E-state index is -0.675. The Hall–Kier alpha value is -2.42. The number of piperidine rings is 1. The summed E-state index contributed by atoms with van der Waals surface area (Å²) < 4.78 is 4.93. The van der Waals surface area contributed by atoms with Gasteiger partial charge in [0.15, 0.2) is 0 Å². The maximum absolute atomic E-state index is 13.7. The number of esters is 1. The number of likely N-dealkylation sites (N-methyl/N-ethyl adjacent to an activating group) is 2. The molecule has 212 valence electrons. The van der Waals surface area contributed by atoms with Gasteiger partial charge in [0, 0.05) is 25.7 Å². The van der Waals surface area contributed by atoms with Crippen LogP contribution in [0.5, 0.6) is 0 Å². The molecule has 0 bridgehead atoms. The molecule has 0 aromatic carbocycles. The maximum Gasteiger partial charge on any atom is 0.325 e. The lowest BCUT2D eigenvalue weighted by atomic mass is 9.95. The van der Waals surface area contributed by atoms with Crippen molar-refractivity contribution in [2.75, 3.05) is 33.8 Å². The molecule has 1 N–H and O–H groups in total. The van der Waals surface area contributed by atoms with Crippen LogP contribution >= 0.6 is 0 Å². The molecule has 0 aliphatic carbocycles. The molecule has 0 saturated carbocycles. The van der Waals surface area contributed by atoms with Gasteiger partial charge in [0.1, 0.15) is 12.6 Å². The maximum atomic E-state index is 13.7. The Bertz CT molecular complexity index is 823. The van der Waals surface area contributed by atoms with E-state index >= 15 is 0 Å². The highest BCUT2D eigenvalue weighted by atomic mass is 16.5. The molecular formula is C28H50N4O5. The van der Waals surface area contributed by atoms with E-state index in [4.69, 9.17) is 4.74 Å². The zero-order valence-electron chi connectivity index (χ0n) is 24.7. The molecule has 1 aliphatic rings. The van der Waals surface area contributed by atoms with Crippen molar-refractivity contribution in [3.63, 3.8) is 0 Å². The van der Waals surface area contributed by atoms with Gasteiger partial charge in [-0.25, -0.2) is 0 Å². The number of likely N-dealkylation sites (tertiary alicyclic amines) is 1. The minimum Gasteiger partial charge on any atom is -0.465 e. The van der Waals surface area contributed by atoms with Gasteiger partial charge in [0.05, 0.1) is 18.7 Å². The highest BCUT2D eigenvalue weighted by Crippen LogP contribution is 2.21. The molecule has 0 aromatic rings. The molecule has 1 heterocycles. The zero-order chi connectivity index (χ0) is 28.4. The highest BCUT2D eigenvalue weighted by Gasteiger charge is 2.36. The fraction of sp³-hybridized carbons (Fsp3) is 0.786. The summed E-state index contributed by atoms with van der Waals surface area (Å²) in [7, 11) is 3.26. The van der Waals surface area contributed by atoms with Crippen molar-refractivity contribution >= 4 is 23.7 Å². The fourth-order valence-corrected chi connectivity index (χ4v) is 4.83. The molecular weight excluding hydrogens is 472 g/mol. The van der Waals surface area contributed by atoms with Gasteiger partial charge in [0.2, 0.25) is 17.7 Å². The third-order valence-corrected chi connectivity index (χ3v) is 6.99. The highest BCUT2D eigenvalue weighted by molar-refractivity contribution is 5.95. The first-order valence-corrected chi connectivity index (χ1v) is 13.6. The average molecular weight is 523 g/mol. The average Bonchev–Trinajstić information content (AvgIpc) is 2.83. The van der Waals surface area contributed by atoms with E-state index < -0.39 is 12.0 Å². The lowest BCUT2D eigenvalue weighted by molar-refractivity contribution is -0.147. The van der Waals surface area contributed by atoms with E-state index in [0.717, 1.165) is 25.8 Å². The molecule has 1 fully saturated rings. The second kappa shape index (κ2) is 15.1. The van der Waals surface area contributed by atoms with Gasteiger partial charge in [-0.05, 0) is 58.9 Å². The van der Waals surface area contributed by atoms with Crippen LogP contribution in [0.4, 0.5) is 0 Å². The standard InChI is InChI=1S/C28H50N4O5/c1-11-37-24(33)17-30(9)27(35)21(8)16-23(18(2)3)31(10)28(36)25(19(4)5)29-26(34)22-14-12-13-15-32(22)20(6)7/h16,18-20,22-23,25H,11-15,17H2,1-10H3,(H,29,34)/b21-16+/t22-,23-,25+/m1/s1. The van der Waals surface area contributed by atoms with Crippen LogP contribution in [-0.4, -0.2) is 96.3 Å². The van der Waals surface area contributed by atoms with Crippen molar-refractivity contribution in [1.29, 1.82) is 0 Å². The fourth-order valence-electron chi connectivity index (χ4n) is 4.83. The summed E-state index contributed by atoms with van der Waals surface area (Å²) in [6.07, 6.45) is 4.64. The summed E-state index contributed by atoms with van der Waals surface area (Å²) in [4.78, 5) is 56.8. The Morgan fingerprint density at radius 1 is 1.03 bits per heavy atom. The van der Waals surface area contributed by atoms with Crippen LogP contribution in [0.3, 0.4) is 0 Å². The lowest BCUT2D eigenvalue weighted by Gasteiger charge is -2.39. The topological polar surface area (TPSA) is 99.3 Å².